The summed E-state index contributed by atoms with van der Waals surface area (Å²) >= 11 is 6.55. The minimum Gasteiger partial charge on any atom is -0.456 e. The van der Waals surface area contributed by atoms with Crippen molar-refractivity contribution in [1.82, 2.24) is 4.98 Å². The van der Waals surface area contributed by atoms with Crippen LogP contribution in [-0.2, 0) is 14.3 Å². The van der Waals surface area contributed by atoms with Crippen LogP contribution in [-0.4, -0.2) is 45.3 Å². The van der Waals surface area contributed by atoms with E-state index in [1.165, 1.54) is 0 Å². The molecule has 0 saturated carbocycles. The second-order valence-corrected chi connectivity index (χ2v) is 10.4. The molecule has 6 nitrogen and oxygen atoms in total. The Bertz CT molecular complexity index is 896. The van der Waals surface area contributed by atoms with E-state index in [0.29, 0.717) is 17.1 Å². The highest BCUT2D eigenvalue weighted by Gasteiger charge is 2.42. The smallest absolute Gasteiger partial charge is 0.309 e. The number of pyridine rings is 1. The molecule has 1 aliphatic heterocycles. The van der Waals surface area contributed by atoms with Crippen molar-refractivity contribution >= 4 is 29.4 Å². The Kier molecular flexibility index (Phi) is 10.5. The molecule has 1 aromatic rings. The number of ether oxygens (including phenoxy) is 1. The number of carbonyl (C=O) groups is 2. The van der Waals surface area contributed by atoms with Crippen molar-refractivity contribution in [3.05, 3.63) is 46.8 Å². The Morgan fingerprint density at radius 1 is 1.24 bits per heavy atom. The van der Waals surface area contributed by atoms with Gasteiger partial charge in [0.25, 0.3) is 0 Å². The molecule has 34 heavy (non-hydrogen) atoms. The lowest BCUT2D eigenvalue weighted by molar-refractivity contribution is -0.153. The van der Waals surface area contributed by atoms with E-state index >= 15 is 0 Å². The van der Waals surface area contributed by atoms with Crippen LogP contribution >= 0.6 is 11.6 Å². The summed E-state index contributed by atoms with van der Waals surface area (Å²) in [5, 5.41) is 21.9. The van der Waals surface area contributed by atoms with Crippen molar-refractivity contribution < 1.29 is 24.5 Å². The van der Waals surface area contributed by atoms with Crippen molar-refractivity contribution in [2.75, 3.05) is 0 Å². The van der Waals surface area contributed by atoms with Gasteiger partial charge in [-0.25, -0.2) is 0 Å². The fourth-order valence-electron chi connectivity index (χ4n) is 4.22. The summed E-state index contributed by atoms with van der Waals surface area (Å²) in [6.07, 6.45) is 4.99. The van der Waals surface area contributed by atoms with Crippen LogP contribution in [0.1, 0.15) is 72.4 Å². The Morgan fingerprint density at radius 2 is 1.94 bits per heavy atom. The Morgan fingerprint density at radius 3 is 2.59 bits per heavy atom. The van der Waals surface area contributed by atoms with E-state index in [0.717, 1.165) is 24.8 Å². The van der Waals surface area contributed by atoms with Crippen LogP contribution in [0, 0.1) is 17.3 Å². The number of carbonyl (C=O) groups excluding carboxylic acids is 2. The molecule has 0 unspecified atom stereocenters. The van der Waals surface area contributed by atoms with E-state index in [9.17, 15) is 19.8 Å². The molecule has 2 N–H and O–H groups in total. The third-order valence-electron chi connectivity index (χ3n) is 6.80. The summed E-state index contributed by atoms with van der Waals surface area (Å²) < 4.78 is 5.67. The first kappa shape index (κ1) is 28.2. The van der Waals surface area contributed by atoms with Crippen molar-refractivity contribution in [3.63, 3.8) is 0 Å². The number of esters is 1. The number of halogens is 1. The minimum atomic E-state index is -1.26. The Balaban J connectivity index is 2.33. The van der Waals surface area contributed by atoms with E-state index in [2.05, 4.69) is 4.98 Å². The number of rotatable bonds is 2. The molecule has 1 aromatic heterocycles. The first-order valence-electron chi connectivity index (χ1n) is 12.0. The quantitative estimate of drug-likeness (QED) is 0.442. The second-order valence-electron chi connectivity index (χ2n) is 10.0. The van der Waals surface area contributed by atoms with Gasteiger partial charge in [-0.2, -0.15) is 0 Å². The molecule has 0 saturated heterocycles. The van der Waals surface area contributed by atoms with Crippen LogP contribution in [0.5, 0.6) is 0 Å². The van der Waals surface area contributed by atoms with Gasteiger partial charge in [0.15, 0.2) is 0 Å². The van der Waals surface area contributed by atoms with Crippen LogP contribution in [0.15, 0.2) is 41.1 Å². The van der Waals surface area contributed by atoms with Gasteiger partial charge in [0.05, 0.1) is 34.8 Å². The van der Waals surface area contributed by atoms with Crippen LogP contribution < -0.4 is 0 Å². The first-order chi connectivity index (χ1) is 15.9. The number of aliphatic hydroxyl groups is 2. The average Bonchev–Trinajstić information content (AvgIpc) is 2.79. The van der Waals surface area contributed by atoms with Crippen LogP contribution in [0.2, 0.25) is 0 Å². The lowest BCUT2D eigenvalue weighted by Gasteiger charge is -2.34. The summed E-state index contributed by atoms with van der Waals surface area (Å²) in [5.41, 5.74) is 0.544. The number of ketones is 1. The van der Waals surface area contributed by atoms with Gasteiger partial charge in [-0.3, -0.25) is 14.6 Å². The highest BCUT2D eigenvalue weighted by molar-refractivity contribution is 6.32. The maximum absolute atomic E-state index is 13.1. The fourth-order valence-corrected chi connectivity index (χ4v) is 4.46. The van der Waals surface area contributed by atoms with E-state index in [1.807, 2.05) is 26.0 Å². The molecule has 0 aliphatic carbocycles. The maximum Gasteiger partial charge on any atom is 0.309 e. The number of cyclic esters (lactones) is 1. The fraction of sp³-hybridized carbons (Fsp3) is 0.593. The summed E-state index contributed by atoms with van der Waals surface area (Å²) in [6.45, 7) is 8.83. The van der Waals surface area contributed by atoms with Crippen molar-refractivity contribution in [2.24, 2.45) is 17.3 Å². The summed E-state index contributed by atoms with van der Waals surface area (Å²) in [4.78, 5) is 30.1. The first-order valence-corrected chi connectivity index (χ1v) is 12.3. The van der Waals surface area contributed by atoms with Crippen molar-refractivity contribution in [3.8, 4) is 0 Å². The zero-order chi connectivity index (χ0) is 25.5. The lowest BCUT2D eigenvalue weighted by Crippen LogP contribution is -2.45. The van der Waals surface area contributed by atoms with Gasteiger partial charge < -0.3 is 14.9 Å². The topological polar surface area (TPSA) is 96.7 Å². The molecule has 0 amide bonds. The SMILES string of the molecule is C/C1=C/C[C@@H](/C(Cl)=C/c2ccccn2)OC(=O)C[C@H](O)C(C)(C)C(=O)[C@H](C)[C@@H](O)[C@@H](C)CCC1. The standard InChI is InChI=1S/C27H38ClNO5/c1-17-9-8-10-18(2)25(32)19(3)26(33)27(4,5)23(30)16-24(31)34-22(13-12-17)21(28)15-20-11-6-7-14-29-20/h6-7,11-12,14-15,18-19,22-23,25,30,32H,8-10,13,16H2,1-5H3/b17-12-,21-15-/t18-,19+,22-,23-,25-/m0/s1. The zero-order valence-corrected chi connectivity index (χ0v) is 21.6. The highest BCUT2D eigenvalue weighted by atomic mass is 35.5. The molecule has 2 rings (SSSR count). The normalized spacial score (nSPS) is 31.9. The predicted octanol–water partition coefficient (Wildman–Crippen LogP) is 5.07. The van der Waals surface area contributed by atoms with Gasteiger partial charge in [0.1, 0.15) is 11.9 Å². The molecule has 7 heteroatoms. The molecule has 2 heterocycles. The molecule has 0 aromatic carbocycles. The molecular formula is C27H38ClNO5. The number of hydrogen-bond donors (Lipinski definition) is 2. The van der Waals surface area contributed by atoms with Gasteiger partial charge in [-0.15, -0.1) is 0 Å². The van der Waals surface area contributed by atoms with E-state index in [-0.39, 0.29) is 18.1 Å². The monoisotopic (exact) mass is 491 g/mol. The third-order valence-corrected chi connectivity index (χ3v) is 7.16. The van der Waals surface area contributed by atoms with Crippen LogP contribution in [0.4, 0.5) is 0 Å². The van der Waals surface area contributed by atoms with Gasteiger partial charge in [0, 0.05) is 18.5 Å². The molecule has 0 radical (unpaired) electrons. The number of allylic oxidation sites excluding steroid dienone is 1. The third kappa shape index (κ3) is 7.76. The van der Waals surface area contributed by atoms with Crippen LogP contribution in [0.3, 0.4) is 0 Å². The Hall–Kier alpha value is -2.02. The number of Topliss-reactive ketones (excluding diaryl/α,β-unsaturated/α-hetero) is 1. The van der Waals surface area contributed by atoms with Gasteiger partial charge in [-0.05, 0) is 50.3 Å². The molecule has 0 spiro atoms. The molecular weight excluding hydrogens is 454 g/mol. The molecule has 1 aliphatic rings. The zero-order valence-electron chi connectivity index (χ0n) is 20.8. The molecule has 0 bridgehead atoms. The molecule has 0 fully saturated rings. The van der Waals surface area contributed by atoms with E-state index < -0.39 is 35.6 Å². The van der Waals surface area contributed by atoms with Gasteiger partial charge >= 0.3 is 5.97 Å². The summed E-state index contributed by atoms with van der Waals surface area (Å²) in [7, 11) is 0. The van der Waals surface area contributed by atoms with Crippen LogP contribution in [0.25, 0.3) is 6.08 Å². The van der Waals surface area contributed by atoms with Crippen molar-refractivity contribution in [1.29, 1.82) is 0 Å². The van der Waals surface area contributed by atoms with E-state index in [1.54, 1.807) is 45.2 Å². The highest BCUT2D eigenvalue weighted by Crippen LogP contribution is 2.32. The second kappa shape index (κ2) is 12.6. The number of aliphatic hydroxyl groups excluding tert-OH is 2. The summed E-state index contributed by atoms with van der Waals surface area (Å²) in [5.74, 6) is -1.66. The predicted molar refractivity (Wildman–Crippen MR) is 134 cm³/mol. The molecule has 5 atom stereocenters. The molecule has 188 valence electrons. The number of hydrogen-bond acceptors (Lipinski definition) is 6. The van der Waals surface area contributed by atoms with Gasteiger partial charge in [-0.1, -0.05) is 57.0 Å². The van der Waals surface area contributed by atoms with Crippen molar-refractivity contribution in [2.45, 2.75) is 85.0 Å². The average molecular weight is 492 g/mol. The van der Waals surface area contributed by atoms with Gasteiger partial charge in [0.2, 0.25) is 0 Å². The summed E-state index contributed by atoms with van der Waals surface area (Å²) in [6, 6.07) is 5.44. The van der Waals surface area contributed by atoms with E-state index in [4.69, 9.17) is 16.3 Å². The Labute approximate surface area is 208 Å². The lowest BCUT2D eigenvalue weighted by atomic mass is 9.73. The minimum absolute atomic E-state index is 0.0685. The number of nitrogens with zero attached hydrogens (tertiary/aromatic N) is 1. The number of aromatic nitrogens is 1. The maximum atomic E-state index is 13.1. The largest absolute Gasteiger partial charge is 0.456 e.